The van der Waals surface area contributed by atoms with Crippen LogP contribution in [0.1, 0.15) is 13.8 Å². The van der Waals surface area contributed by atoms with Gasteiger partial charge in [0.2, 0.25) is 5.82 Å². The molecule has 0 unspecified atom stereocenters. The molecule has 0 aromatic carbocycles. The average molecular weight is 283 g/mol. The second-order valence-electron chi connectivity index (χ2n) is 4.77. The Morgan fingerprint density at radius 2 is 2.25 bits per heavy atom. The summed E-state index contributed by atoms with van der Waals surface area (Å²) in [4.78, 5) is 16.8. The van der Waals surface area contributed by atoms with Gasteiger partial charge in [0.15, 0.2) is 0 Å². The van der Waals surface area contributed by atoms with Crippen molar-refractivity contribution in [3.8, 4) is 0 Å². The molecule has 20 heavy (non-hydrogen) atoms. The zero-order valence-corrected chi connectivity index (χ0v) is 12.0. The maximum Gasteiger partial charge on any atom is 0.311 e. The number of rotatable bonds is 8. The van der Waals surface area contributed by atoms with Gasteiger partial charge in [0.05, 0.1) is 11.5 Å². The topological polar surface area (TPSA) is 107 Å². The lowest BCUT2D eigenvalue weighted by molar-refractivity contribution is -0.384. The number of anilines is 2. The van der Waals surface area contributed by atoms with E-state index in [4.69, 9.17) is 10.6 Å². The fourth-order valence-electron chi connectivity index (χ4n) is 1.82. The van der Waals surface area contributed by atoms with Crippen LogP contribution in [0.4, 0.5) is 17.3 Å². The van der Waals surface area contributed by atoms with Gasteiger partial charge >= 0.3 is 5.69 Å². The Morgan fingerprint density at radius 1 is 1.55 bits per heavy atom. The van der Waals surface area contributed by atoms with Crippen molar-refractivity contribution in [3.63, 3.8) is 0 Å². The molecular formula is C12H21N5O3. The number of nitrogens with one attached hydrogen (secondary N) is 1. The lowest BCUT2D eigenvalue weighted by atomic mass is 10.2. The number of aromatic nitrogens is 1. The van der Waals surface area contributed by atoms with E-state index in [1.54, 1.807) is 7.11 Å². The first kappa shape index (κ1) is 16.1. The van der Waals surface area contributed by atoms with E-state index in [9.17, 15) is 10.1 Å². The Kier molecular flexibility index (Phi) is 6.13. The minimum absolute atomic E-state index is 0.0410. The molecule has 0 fully saturated rings. The van der Waals surface area contributed by atoms with Crippen LogP contribution in [0.15, 0.2) is 12.1 Å². The van der Waals surface area contributed by atoms with E-state index in [0.29, 0.717) is 37.3 Å². The summed E-state index contributed by atoms with van der Waals surface area (Å²) < 4.78 is 5.05. The Bertz CT molecular complexity index is 453. The molecule has 0 saturated heterocycles. The second-order valence-corrected chi connectivity index (χ2v) is 4.77. The molecule has 1 aromatic heterocycles. The number of nitro groups is 1. The summed E-state index contributed by atoms with van der Waals surface area (Å²) in [5.41, 5.74) is 2.37. The maximum absolute atomic E-state index is 11.1. The number of ether oxygens (including phenoxy) is 1. The minimum Gasteiger partial charge on any atom is -0.383 e. The highest BCUT2D eigenvalue weighted by Gasteiger charge is 2.22. The smallest absolute Gasteiger partial charge is 0.311 e. The van der Waals surface area contributed by atoms with Crippen molar-refractivity contribution < 1.29 is 9.66 Å². The minimum atomic E-state index is -0.442. The molecule has 8 heteroatoms. The zero-order chi connectivity index (χ0) is 15.1. The normalized spacial score (nSPS) is 10.7. The van der Waals surface area contributed by atoms with Gasteiger partial charge in [-0.15, -0.1) is 0 Å². The van der Waals surface area contributed by atoms with Crippen LogP contribution in [0.2, 0.25) is 0 Å². The second kappa shape index (κ2) is 7.61. The highest BCUT2D eigenvalue weighted by Crippen LogP contribution is 2.28. The molecule has 1 heterocycles. The molecule has 0 saturated carbocycles. The first-order valence-corrected chi connectivity index (χ1v) is 6.35. The van der Waals surface area contributed by atoms with Crippen molar-refractivity contribution in [1.29, 1.82) is 0 Å². The van der Waals surface area contributed by atoms with Crippen molar-refractivity contribution in [2.45, 2.75) is 13.8 Å². The first-order valence-electron chi connectivity index (χ1n) is 6.35. The average Bonchev–Trinajstić information content (AvgIpc) is 2.42. The highest BCUT2D eigenvalue weighted by atomic mass is 16.6. The summed E-state index contributed by atoms with van der Waals surface area (Å²) >= 11 is 0. The summed E-state index contributed by atoms with van der Waals surface area (Å²) in [5.74, 6) is 6.34. The van der Waals surface area contributed by atoms with Gasteiger partial charge in [-0.05, 0) is 12.0 Å². The Balaban J connectivity index is 3.16. The van der Waals surface area contributed by atoms with Gasteiger partial charge in [-0.25, -0.2) is 10.8 Å². The molecule has 1 aromatic rings. The maximum atomic E-state index is 11.1. The van der Waals surface area contributed by atoms with Gasteiger partial charge in [0, 0.05) is 26.3 Å². The molecule has 0 radical (unpaired) electrons. The lowest BCUT2D eigenvalue weighted by Crippen LogP contribution is -2.32. The van der Waals surface area contributed by atoms with Crippen molar-refractivity contribution in [3.05, 3.63) is 22.2 Å². The van der Waals surface area contributed by atoms with E-state index in [2.05, 4.69) is 10.4 Å². The predicted octanol–water partition coefficient (Wildman–Crippen LogP) is 1.38. The monoisotopic (exact) mass is 283 g/mol. The third kappa shape index (κ3) is 4.32. The molecule has 3 N–H and O–H groups in total. The zero-order valence-electron chi connectivity index (χ0n) is 12.0. The van der Waals surface area contributed by atoms with Crippen LogP contribution in [0.3, 0.4) is 0 Å². The summed E-state index contributed by atoms with van der Waals surface area (Å²) in [6.45, 7) is 5.71. The van der Waals surface area contributed by atoms with Crippen LogP contribution in [-0.4, -0.2) is 36.7 Å². The van der Waals surface area contributed by atoms with Gasteiger partial charge in [0.1, 0.15) is 5.82 Å². The third-order valence-corrected chi connectivity index (χ3v) is 2.65. The number of nitrogens with zero attached hydrogens (tertiary/aromatic N) is 3. The molecule has 0 bridgehead atoms. The Labute approximate surface area is 118 Å². The van der Waals surface area contributed by atoms with E-state index >= 15 is 0 Å². The standard InChI is InChI=1S/C12H21N5O3/c1-9(2)8-16(6-7-20-3)12-10(17(18)19)4-5-11(14-12)15-13/h4-5,9H,6-8,13H2,1-3H3,(H,14,15). The van der Waals surface area contributed by atoms with Crippen LogP contribution in [0.25, 0.3) is 0 Å². The molecule has 0 amide bonds. The highest BCUT2D eigenvalue weighted by molar-refractivity contribution is 5.61. The van der Waals surface area contributed by atoms with E-state index in [0.717, 1.165) is 0 Å². The SMILES string of the molecule is COCCN(CC(C)C)c1nc(NN)ccc1[N+](=O)[O-]. The van der Waals surface area contributed by atoms with Crippen molar-refractivity contribution in [2.24, 2.45) is 11.8 Å². The third-order valence-electron chi connectivity index (χ3n) is 2.65. The predicted molar refractivity (Wildman–Crippen MR) is 77.6 cm³/mol. The first-order chi connectivity index (χ1) is 9.49. The Morgan fingerprint density at radius 3 is 2.75 bits per heavy atom. The van der Waals surface area contributed by atoms with E-state index in [-0.39, 0.29) is 5.69 Å². The van der Waals surface area contributed by atoms with Crippen LogP contribution in [0.5, 0.6) is 0 Å². The number of hydrogen-bond acceptors (Lipinski definition) is 7. The largest absolute Gasteiger partial charge is 0.383 e. The molecule has 112 valence electrons. The van der Waals surface area contributed by atoms with Gasteiger partial charge in [-0.3, -0.25) is 10.1 Å². The van der Waals surface area contributed by atoms with E-state index < -0.39 is 4.92 Å². The summed E-state index contributed by atoms with van der Waals surface area (Å²) in [6.07, 6.45) is 0. The molecule has 0 aliphatic carbocycles. The molecule has 0 aliphatic heterocycles. The number of nitrogens with two attached hydrogens (primary N) is 1. The van der Waals surface area contributed by atoms with Crippen LogP contribution >= 0.6 is 0 Å². The summed E-state index contributed by atoms with van der Waals surface area (Å²) in [6, 6.07) is 2.88. The van der Waals surface area contributed by atoms with E-state index in [1.807, 2.05) is 18.7 Å². The fourth-order valence-corrected chi connectivity index (χ4v) is 1.82. The van der Waals surface area contributed by atoms with Crippen LogP contribution < -0.4 is 16.2 Å². The fraction of sp³-hybridized carbons (Fsp3) is 0.583. The quantitative estimate of drug-likeness (QED) is 0.421. The molecule has 0 spiro atoms. The number of methoxy groups -OCH3 is 1. The number of hydrazine groups is 1. The van der Waals surface area contributed by atoms with Gasteiger partial charge < -0.3 is 15.1 Å². The van der Waals surface area contributed by atoms with Crippen LogP contribution in [-0.2, 0) is 4.74 Å². The van der Waals surface area contributed by atoms with Gasteiger partial charge in [-0.1, -0.05) is 13.8 Å². The summed E-state index contributed by atoms with van der Waals surface area (Å²) in [7, 11) is 1.59. The molecular weight excluding hydrogens is 262 g/mol. The van der Waals surface area contributed by atoms with Crippen LogP contribution in [0, 0.1) is 16.0 Å². The number of pyridine rings is 1. The summed E-state index contributed by atoms with van der Waals surface area (Å²) in [5, 5.41) is 11.1. The Hall–Kier alpha value is -1.93. The van der Waals surface area contributed by atoms with E-state index in [1.165, 1.54) is 12.1 Å². The number of nitrogen functional groups attached to an aromatic ring is 1. The van der Waals surface area contributed by atoms with Gasteiger partial charge in [-0.2, -0.15) is 0 Å². The number of hydrogen-bond donors (Lipinski definition) is 2. The van der Waals surface area contributed by atoms with Crippen molar-refractivity contribution >= 4 is 17.3 Å². The van der Waals surface area contributed by atoms with Crippen molar-refractivity contribution in [2.75, 3.05) is 37.1 Å². The molecule has 8 nitrogen and oxygen atoms in total. The van der Waals surface area contributed by atoms with Gasteiger partial charge in [0.25, 0.3) is 0 Å². The molecule has 0 aliphatic rings. The lowest BCUT2D eigenvalue weighted by Gasteiger charge is -2.25. The molecule has 0 atom stereocenters. The van der Waals surface area contributed by atoms with Crippen molar-refractivity contribution in [1.82, 2.24) is 4.98 Å². The molecule has 1 rings (SSSR count).